The average molecular weight is 298 g/mol. The maximum atomic E-state index is 13.1. The zero-order valence-electron chi connectivity index (χ0n) is 11.3. The molecule has 21 heavy (non-hydrogen) atoms. The SMILES string of the molecule is Cc1ccc(C(F)(F)F)c(N2CC(CN=[N+]=[N-])CC2=O)c1. The molecular formula is C13H13F3N4O. The number of anilines is 1. The molecule has 0 saturated carbocycles. The van der Waals surface area contributed by atoms with Crippen LogP contribution >= 0.6 is 0 Å². The van der Waals surface area contributed by atoms with Crippen LogP contribution < -0.4 is 4.90 Å². The molecule has 2 rings (SSSR count). The van der Waals surface area contributed by atoms with E-state index < -0.39 is 11.7 Å². The monoisotopic (exact) mass is 298 g/mol. The molecule has 1 saturated heterocycles. The summed E-state index contributed by atoms with van der Waals surface area (Å²) < 4.78 is 39.2. The fourth-order valence-electron chi connectivity index (χ4n) is 2.39. The number of aryl methyl sites for hydroxylation is 1. The number of carbonyl (C=O) groups is 1. The normalized spacial score (nSPS) is 18.8. The molecule has 0 spiro atoms. The van der Waals surface area contributed by atoms with E-state index >= 15 is 0 Å². The van der Waals surface area contributed by atoms with Gasteiger partial charge in [-0.25, -0.2) is 0 Å². The molecule has 1 fully saturated rings. The molecule has 0 aromatic heterocycles. The molecule has 1 aliphatic heterocycles. The van der Waals surface area contributed by atoms with E-state index in [1.54, 1.807) is 6.92 Å². The zero-order chi connectivity index (χ0) is 15.6. The highest BCUT2D eigenvalue weighted by Gasteiger charge is 2.38. The van der Waals surface area contributed by atoms with Crippen LogP contribution in [-0.2, 0) is 11.0 Å². The van der Waals surface area contributed by atoms with E-state index in [1.807, 2.05) is 0 Å². The zero-order valence-corrected chi connectivity index (χ0v) is 11.3. The van der Waals surface area contributed by atoms with Gasteiger partial charge in [-0.2, -0.15) is 13.2 Å². The smallest absolute Gasteiger partial charge is 0.312 e. The lowest BCUT2D eigenvalue weighted by molar-refractivity contribution is -0.137. The van der Waals surface area contributed by atoms with Crippen LogP contribution in [0.3, 0.4) is 0 Å². The number of amides is 1. The Morgan fingerprint density at radius 1 is 1.48 bits per heavy atom. The van der Waals surface area contributed by atoms with Crippen molar-refractivity contribution in [3.05, 3.63) is 39.8 Å². The van der Waals surface area contributed by atoms with Crippen LogP contribution in [-0.4, -0.2) is 19.0 Å². The number of azide groups is 1. The molecule has 8 heteroatoms. The number of benzene rings is 1. The van der Waals surface area contributed by atoms with Crippen molar-refractivity contribution in [2.45, 2.75) is 19.5 Å². The summed E-state index contributed by atoms with van der Waals surface area (Å²) in [4.78, 5) is 15.7. The second kappa shape index (κ2) is 5.65. The molecule has 1 aliphatic rings. The van der Waals surface area contributed by atoms with Crippen molar-refractivity contribution >= 4 is 11.6 Å². The van der Waals surface area contributed by atoms with Crippen molar-refractivity contribution in [2.75, 3.05) is 18.0 Å². The number of nitrogens with zero attached hydrogens (tertiary/aromatic N) is 4. The highest BCUT2D eigenvalue weighted by atomic mass is 19.4. The Hall–Kier alpha value is -2.21. The van der Waals surface area contributed by atoms with Gasteiger partial charge in [-0.3, -0.25) is 4.79 Å². The molecule has 1 amide bonds. The first-order valence-electron chi connectivity index (χ1n) is 6.32. The van der Waals surface area contributed by atoms with Gasteiger partial charge in [-0.15, -0.1) is 0 Å². The lowest BCUT2D eigenvalue weighted by Gasteiger charge is -2.22. The van der Waals surface area contributed by atoms with Crippen LogP contribution in [0.25, 0.3) is 10.4 Å². The maximum absolute atomic E-state index is 13.1. The first-order valence-corrected chi connectivity index (χ1v) is 6.32. The lowest BCUT2D eigenvalue weighted by atomic mass is 10.1. The number of carbonyl (C=O) groups excluding carboxylic acids is 1. The Balaban J connectivity index is 2.35. The molecule has 5 nitrogen and oxygen atoms in total. The molecule has 1 heterocycles. The highest BCUT2D eigenvalue weighted by molar-refractivity contribution is 5.96. The van der Waals surface area contributed by atoms with Gasteiger partial charge in [0.1, 0.15) is 0 Å². The van der Waals surface area contributed by atoms with Gasteiger partial charge in [0.25, 0.3) is 0 Å². The van der Waals surface area contributed by atoms with E-state index in [4.69, 9.17) is 5.53 Å². The minimum atomic E-state index is -4.52. The predicted molar refractivity (Wildman–Crippen MR) is 70.7 cm³/mol. The third kappa shape index (κ3) is 3.28. The number of alkyl halides is 3. The summed E-state index contributed by atoms with van der Waals surface area (Å²) in [6, 6.07) is 3.71. The third-order valence-corrected chi connectivity index (χ3v) is 3.36. The Morgan fingerprint density at radius 2 is 2.19 bits per heavy atom. The van der Waals surface area contributed by atoms with Gasteiger partial charge in [0.2, 0.25) is 5.91 Å². The highest BCUT2D eigenvalue weighted by Crippen LogP contribution is 2.39. The predicted octanol–water partition coefficient (Wildman–Crippen LogP) is 3.68. The van der Waals surface area contributed by atoms with Gasteiger partial charge >= 0.3 is 6.18 Å². The topological polar surface area (TPSA) is 69.1 Å². The third-order valence-electron chi connectivity index (χ3n) is 3.36. The van der Waals surface area contributed by atoms with E-state index in [1.165, 1.54) is 12.1 Å². The van der Waals surface area contributed by atoms with Crippen molar-refractivity contribution in [3.63, 3.8) is 0 Å². The fraction of sp³-hybridized carbons (Fsp3) is 0.462. The fourth-order valence-corrected chi connectivity index (χ4v) is 2.39. The molecule has 1 atom stereocenters. The molecule has 1 unspecified atom stereocenters. The summed E-state index contributed by atoms with van der Waals surface area (Å²) in [6.45, 7) is 1.90. The van der Waals surface area contributed by atoms with Gasteiger partial charge in [0, 0.05) is 24.4 Å². The van der Waals surface area contributed by atoms with Crippen LogP contribution in [0, 0.1) is 12.8 Å². The van der Waals surface area contributed by atoms with Crippen LogP contribution in [0.2, 0.25) is 0 Å². The molecule has 1 aromatic carbocycles. The maximum Gasteiger partial charge on any atom is 0.418 e. The van der Waals surface area contributed by atoms with E-state index in [-0.39, 0.29) is 37.0 Å². The Kier molecular flexibility index (Phi) is 4.09. The van der Waals surface area contributed by atoms with E-state index in [2.05, 4.69) is 10.0 Å². The number of halogens is 3. The van der Waals surface area contributed by atoms with Gasteiger partial charge < -0.3 is 4.90 Å². The molecule has 1 aromatic rings. The average Bonchev–Trinajstić information content (AvgIpc) is 2.76. The number of hydrogen-bond donors (Lipinski definition) is 0. The summed E-state index contributed by atoms with van der Waals surface area (Å²) in [5.74, 6) is -0.640. The van der Waals surface area contributed by atoms with Crippen LogP contribution in [0.15, 0.2) is 23.3 Å². The Bertz CT molecular complexity index is 608. The second-order valence-corrected chi connectivity index (χ2v) is 5.01. The number of rotatable bonds is 3. The van der Waals surface area contributed by atoms with Gasteiger partial charge in [0.15, 0.2) is 0 Å². The van der Waals surface area contributed by atoms with Crippen LogP contribution in [0.4, 0.5) is 18.9 Å². The quantitative estimate of drug-likeness (QED) is 0.477. The van der Waals surface area contributed by atoms with Gasteiger partial charge in [0.05, 0.1) is 11.3 Å². The Labute approximate surface area is 119 Å². The van der Waals surface area contributed by atoms with Gasteiger partial charge in [-0.05, 0) is 36.1 Å². The summed E-state index contributed by atoms with van der Waals surface area (Å²) in [7, 11) is 0. The minimum absolute atomic E-state index is 0.0876. The first-order chi connectivity index (χ1) is 9.82. The van der Waals surface area contributed by atoms with Crippen molar-refractivity contribution in [1.29, 1.82) is 0 Å². The second-order valence-electron chi connectivity index (χ2n) is 5.01. The van der Waals surface area contributed by atoms with Gasteiger partial charge in [-0.1, -0.05) is 11.2 Å². The van der Waals surface area contributed by atoms with E-state index in [9.17, 15) is 18.0 Å². The number of hydrogen-bond acceptors (Lipinski definition) is 2. The van der Waals surface area contributed by atoms with E-state index in [0.29, 0.717) is 5.56 Å². The first kappa shape index (κ1) is 15.2. The molecule has 112 valence electrons. The van der Waals surface area contributed by atoms with E-state index in [0.717, 1.165) is 11.0 Å². The van der Waals surface area contributed by atoms with Crippen molar-refractivity contribution < 1.29 is 18.0 Å². The summed E-state index contributed by atoms with van der Waals surface area (Å²) in [5.41, 5.74) is 7.96. The van der Waals surface area contributed by atoms with Crippen molar-refractivity contribution in [1.82, 2.24) is 0 Å². The van der Waals surface area contributed by atoms with Crippen LogP contribution in [0.5, 0.6) is 0 Å². The largest absolute Gasteiger partial charge is 0.418 e. The minimum Gasteiger partial charge on any atom is -0.312 e. The lowest BCUT2D eigenvalue weighted by Crippen LogP contribution is -2.27. The summed E-state index contributed by atoms with van der Waals surface area (Å²) >= 11 is 0. The molecule has 0 N–H and O–H groups in total. The van der Waals surface area contributed by atoms with Crippen molar-refractivity contribution in [3.8, 4) is 0 Å². The molecule has 0 aliphatic carbocycles. The summed E-state index contributed by atoms with van der Waals surface area (Å²) in [5, 5.41) is 3.38. The standard InChI is InChI=1S/C13H13F3N4O/c1-8-2-3-10(13(14,15)16)11(4-8)20-7-9(5-12(20)21)6-18-19-17/h2-4,9H,5-7H2,1H3. The summed E-state index contributed by atoms with van der Waals surface area (Å²) in [6.07, 6.45) is -4.43. The molecular weight excluding hydrogens is 285 g/mol. The molecule has 0 bridgehead atoms. The van der Waals surface area contributed by atoms with Crippen molar-refractivity contribution in [2.24, 2.45) is 11.0 Å². The van der Waals surface area contributed by atoms with Crippen LogP contribution in [0.1, 0.15) is 17.5 Å². The Morgan fingerprint density at radius 3 is 2.81 bits per heavy atom. The molecule has 0 radical (unpaired) electrons.